The highest BCUT2D eigenvalue weighted by Gasteiger charge is 2.37. The molecular weight excluding hydrogens is 252 g/mol. The third-order valence-electron chi connectivity index (χ3n) is 3.76. The van der Waals surface area contributed by atoms with Crippen molar-refractivity contribution in [2.45, 2.75) is 37.4 Å². The lowest BCUT2D eigenvalue weighted by Crippen LogP contribution is -2.34. The highest BCUT2D eigenvalue weighted by Crippen LogP contribution is 2.42. The molecule has 3 nitrogen and oxygen atoms in total. The summed E-state index contributed by atoms with van der Waals surface area (Å²) in [4.78, 5) is 0. The van der Waals surface area contributed by atoms with Gasteiger partial charge >= 0.3 is 0 Å². The van der Waals surface area contributed by atoms with Crippen LogP contribution in [0.4, 0.5) is 0 Å². The topological polar surface area (TPSA) is 38.7 Å². The molecule has 0 radical (unpaired) electrons. The van der Waals surface area contributed by atoms with E-state index in [-0.39, 0.29) is 6.10 Å². The molecule has 1 aromatic rings. The van der Waals surface area contributed by atoms with Gasteiger partial charge in [0.05, 0.1) is 18.8 Å². The molecule has 0 unspecified atom stereocenters. The molecule has 0 aromatic heterocycles. The average Bonchev–Trinajstić information content (AvgIpc) is 2.39. The molecule has 1 saturated carbocycles. The molecule has 0 heterocycles. The summed E-state index contributed by atoms with van der Waals surface area (Å²) in [6, 6.07) is 5.37. The molecule has 1 fully saturated rings. The largest absolute Gasteiger partial charge is 0.496 e. The Morgan fingerprint density at radius 3 is 2.50 bits per heavy atom. The van der Waals surface area contributed by atoms with Crippen LogP contribution < -0.4 is 4.74 Å². The third-order valence-corrected chi connectivity index (χ3v) is 3.99. The van der Waals surface area contributed by atoms with Crippen molar-refractivity contribution in [2.24, 2.45) is 0 Å². The van der Waals surface area contributed by atoms with Crippen molar-refractivity contribution in [1.29, 1.82) is 0 Å². The summed E-state index contributed by atoms with van der Waals surface area (Å²) in [5, 5.41) is 11.4. The second-order valence-corrected chi connectivity index (χ2v) is 5.25. The van der Waals surface area contributed by atoms with Crippen molar-refractivity contribution in [2.75, 3.05) is 14.2 Å². The van der Waals surface area contributed by atoms with E-state index >= 15 is 0 Å². The number of benzene rings is 1. The Balaban J connectivity index is 2.27. The molecule has 0 atom stereocenters. The maximum atomic E-state index is 10.8. The minimum absolute atomic E-state index is 0.246. The van der Waals surface area contributed by atoms with Gasteiger partial charge in [-0.2, -0.15) is 0 Å². The van der Waals surface area contributed by atoms with Crippen LogP contribution in [0.5, 0.6) is 5.75 Å². The predicted molar refractivity (Wildman–Crippen MR) is 71.2 cm³/mol. The summed E-state index contributed by atoms with van der Waals surface area (Å²) in [7, 11) is 3.33. The molecule has 18 heavy (non-hydrogen) atoms. The lowest BCUT2D eigenvalue weighted by atomic mass is 9.78. The van der Waals surface area contributed by atoms with E-state index in [1.807, 2.05) is 0 Å². The number of hydrogen-bond acceptors (Lipinski definition) is 3. The van der Waals surface area contributed by atoms with Gasteiger partial charge < -0.3 is 14.6 Å². The van der Waals surface area contributed by atoms with Crippen LogP contribution in [0.25, 0.3) is 0 Å². The molecule has 0 bridgehead atoms. The van der Waals surface area contributed by atoms with Crippen LogP contribution in [0.2, 0.25) is 5.02 Å². The normalized spacial score (nSPS) is 28.1. The fourth-order valence-electron chi connectivity index (χ4n) is 2.62. The van der Waals surface area contributed by atoms with Crippen LogP contribution in [-0.4, -0.2) is 25.4 Å². The Morgan fingerprint density at radius 2 is 1.94 bits per heavy atom. The van der Waals surface area contributed by atoms with Crippen molar-refractivity contribution in [3.05, 3.63) is 28.8 Å². The van der Waals surface area contributed by atoms with E-state index in [2.05, 4.69) is 0 Å². The van der Waals surface area contributed by atoms with Crippen LogP contribution >= 0.6 is 11.6 Å². The number of halogens is 1. The Kier molecular flexibility index (Phi) is 4.15. The first-order valence-corrected chi connectivity index (χ1v) is 6.56. The number of methoxy groups -OCH3 is 2. The van der Waals surface area contributed by atoms with E-state index in [0.29, 0.717) is 23.6 Å². The van der Waals surface area contributed by atoms with E-state index in [4.69, 9.17) is 21.1 Å². The third kappa shape index (κ3) is 2.63. The van der Waals surface area contributed by atoms with E-state index in [0.717, 1.165) is 18.4 Å². The summed E-state index contributed by atoms with van der Waals surface area (Å²) >= 11 is 6.02. The number of ether oxygens (including phenoxy) is 2. The molecule has 1 N–H and O–H groups in total. The standard InChI is InChI=1S/C14H19ClO3/c1-17-11-5-7-14(16,8-6-11)12-9-10(15)3-4-13(12)18-2/h3-4,9,11,16H,5-8H2,1-2H3. The molecule has 0 aliphatic heterocycles. The second-order valence-electron chi connectivity index (χ2n) is 4.81. The lowest BCUT2D eigenvalue weighted by Gasteiger charge is -2.36. The van der Waals surface area contributed by atoms with Gasteiger partial charge in [0.2, 0.25) is 0 Å². The summed E-state index contributed by atoms with van der Waals surface area (Å²) < 4.78 is 10.7. The van der Waals surface area contributed by atoms with E-state index in [9.17, 15) is 5.11 Å². The quantitative estimate of drug-likeness (QED) is 0.917. The van der Waals surface area contributed by atoms with Gasteiger partial charge in [-0.25, -0.2) is 0 Å². The first-order chi connectivity index (χ1) is 8.59. The van der Waals surface area contributed by atoms with Crippen LogP contribution in [-0.2, 0) is 10.3 Å². The number of aliphatic hydroxyl groups is 1. The fourth-order valence-corrected chi connectivity index (χ4v) is 2.79. The molecule has 0 amide bonds. The maximum Gasteiger partial charge on any atom is 0.125 e. The smallest absolute Gasteiger partial charge is 0.125 e. The maximum absolute atomic E-state index is 10.8. The van der Waals surface area contributed by atoms with Gasteiger partial charge in [0.1, 0.15) is 5.75 Å². The van der Waals surface area contributed by atoms with Gasteiger partial charge in [-0.15, -0.1) is 0 Å². The summed E-state index contributed by atoms with van der Waals surface area (Å²) in [6.07, 6.45) is 3.28. The SMILES string of the molecule is COc1ccc(Cl)cc1C1(O)CCC(OC)CC1. The van der Waals surface area contributed by atoms with Gasteiger partial charge in [0.25, 0.3) is 0 Å². The molecule has 1 aliphatic carbocycles. The summed E-state index contributed by atoms with van der Waals surface area (Å²) in [6.45, 7) is 0. The van der Waals surface area contributed by atoms with Crippen molar-refractivity contribution in [3.63, 3.8) is 0 Å². The fraction of sp³-hybridized carbons (Fsp3) is 0.571. The van der Waals surface area contributed by atoms with Crippen molar-refractivity contribution < 1.29 is 14.6 Å². The Hall–Kier alpha value is -0.770. The van der Waals surface area contributed by atoms with Gasteiger partial charge in [0.15, 0.2) is 0 Å². The molecule has 0 spiro atoms. The second kappa shape index (κ2) is 5.47. The lowest BCUT2D eigenvalue weighted by molar-refractivity contribution is -0.0485. The average molecular weight is 271 g/mol. The van der Waals surface area contributed by atoms with Crippen molar-refractivity contribution in [3.8, 4) is 5.75 Å². The summed E-state index contributed by atoms with van der Waals surface area (Å²) in [5.74, 6) is 0.692. The van der Waals surface area contributed by atoms with Gasteiger partial charge in [-0.1, -0.05) is 11.6 Å². The highest BCUT2D eigenvalue weighted by atomic mass is 35.5. The molecule has 1 aliphatic rings. The van der Waals surface area contributed by atoms with Crippen LogP contribution in [0.15, 0.2) is 18.2 Å². The molecule has 100 valence electrons. The van der Waals surface area contributed by atoms with Gasteiger partial charge in [-0.05, 0) is 43.9 Å². The zero-order chi connectivity index (χ0) is 13.2. The van der Waals surface area contributed by atoms with Crippen molar-refractivity contribution in [1.82, 2.24) is 0 Å². The zero-order valence-electron chi connectivity index (χ0n) is 10.8. The Labute approximate surface area is 113 Å². The molecular formula is C14H19ClO3. The molecule has 1 aromatic carbocycles. The summed E-state index contributed by atoms with van der Waals surface area (Å²) in [5.41, 5.74) is -0.0716. The zero-order valence-corrected chi connectivity index (χ0v) is 11.5. The molecule has 2 rings (SSSR count). The van der Waals surface area contributed by atoms with Gasteiger partial charge in [0, 0.05) is 17.7 Å². The number of hydrogen-bond donors (Lipinski definition) is 1. The van der Waals surface area contributed by atoms with Crippen LogP contribution in [0, 0.1) is 0 Å². The van der Waals surface area contributed by atoms with Crippen molar-refractivity contribution >= 4 is 11.6 Å². The Morgan fingerprint density at radius 1 is 1.28 bits per heavy atom. The molecule has 4 heteroatoms. The van der Waals surface area contributed by atoms with Crippen LogP contribution in [0.1, 0.15) is 31.2 Å². The Bertz CT molecular complexity index is 412. The van der Waals surface area contributed by atoms with E-state index < -0.39 is 5.60 Å². The number of rotatable bonds is 3. The minimum atomic E-state index is -0.856. The highest BCUT2D eigenvalue weighted by molar-refractivity contribution is 6.30. The van der Waals surface area contributed by atoms with Gasteiger partial charge in [-0.3, -0.25) is 0 Å². The molecule has 0 saturated heterocycles. The monoisotopic (exact) mass is 270 g/mol. The first-order valence-electron chi connectivity index (χ1n) is 6.18. The first kappa shape index (κ1) is 13.7. The van der Waals surface area contributed by atoms with E-state index in [1.54, 1.807) is 32.4 Å². The van der Waals surface area contributed by atoms with Crippen LogP contribution in [0.3, 0.4) is 0 Å². The van der Waals surface area contributed by atoms with E-state index in [1.165, 1.54) is 0 Å². The predicted octanol–water partition coefficient (Wildman–Crippen LogP) is 3.13. The minimum Gasteiger partial charge on any atom is -0.496 e.